The number of hydrogen-bond donors (Lipinski definition) is 2. The fraction of sp³-hybridized carbons (Fsp3) is 0.560. The molecule has 33 heavy (non-hydrogen) atoms. The number of anilines is 1. The van der Waals surface area contributed by atoms with Crippen LogP contribution in [0.5, 0.6) is 0 Å². The molecule has 0 atom stereocenters. The fourth-order valence-corrected chi connectivity index (χ4v) is 4.34. The van der Waals surface area contributed by atoms with E-state index in [2.05, 4.69) is 50.8 Å². The van der Waals surface area contributed by atoms with Crippen LogP contribution >= 0.6 is 24.0 Å². The molecule has 7 nitrogen and oxygen atoms in total. The Morgan fingerprint density at radius 3 is 2.52 bits per heavy atom. The van der Waals surface area contributed by atoms with E-state index < -0.39 is 0 Å². The predicted octanol–water partition coefficient (Wildman–Crippen LogP) is 3.37. The van der Waals surface area contributed by atoms with Crippen LogP contribution in [0.4, 0.5) is 5.69 Å². The summed E-state index contributed by atoms with van der Waals surface area (Å²) >= 11 is 0. The van der Waals surface area contributed by atoms with Crippen molar-refractivity contribution >= 4 is 35.6 Å². The number of aliphatic imine (C=N–C) groups is 1. The summed E-state index contributed by atoms with van der Waals surface area (Å²) in [5.41, 5.74) is 1.32. The van der Waals surface area contributed by atoms with Gasteiger partial charge in [0, 0.05) is 64.0 Å². The number of hydrogen-bond acceptors (Lipinski definition) is 5. The van der Waals surface area contributed by atoms with Crippen LogP contribution in [0, 0.1) is 0 Å². The van der Waals surface area contributed by atoms with Gasteiger partial charge in [0.1, 0.15) is 5.76 Å². The lowest BCUT2D eigenvalue weighted by Gasteiger charge is -2.34. The number of para-hydroxylation sites is 1. The average Bonchev–Trinajstić information content (AvgIpc) is 3.37. The third kappa shape index (κ3) is 8.83. The number of furan rings is 1. The molecule has 2 saturated heterocycles. The van der Waals surface area contributed by atoms with Crippen LogP contribution in [0.25, 0.3) is 0 Å². The Bertz CT molecular complexity index is 788. The molecule has 0 aliphatic carbocycles. The van der Waals surface area contributed by atoms with Gasteiger partial charge in [-0.25, -0.2) is 0 Å². The molecule has 182 valence electrons. The summed E-state index contributed by atoms with van der Waals surface area (Å²) in [4.78, 5) is 9.83. The van der Waals surface area contributed by atoms with Crippen molar-refractivity contribution in [2.45, 2.75) is 31.7 Å². The van der Waals surface area contributed by atoms with Gasteiger partial charge in [0.05, 0.1) is 19.5 Å². The maximum atomic E-state index is 5.46. The van der Waals surface area contributed by atoms with E-state index in [1.54, 1.807) is 6.26 Å². The van der Waals surface area contributed by atoms with Gasteiger partial charge in [-0.05, 0) is 43.5 Å². The fourth-order valence-electron chi connectivity index (χ4n) is 4.34. The van der Waals surface area contributed by atoms with Crippen LogP contribution in [0.3, 0.4) is 0 Å². The van der Waals surface area contributed by atoms with Gasteiger partial charge in [0.25, 0.3) is 0 Å². The number of morpholine rings is 1. The summed E-state index contributed by atoms with van der Waals surface area (Å²) in [7, 11) is 0. The first-order valence-corrected chi connectivity index (χ1v) is 12.0. The quantitative estimate of drug-likeness (QED) is 0.210. The maximum Gasteiger partial charge on any atom is 0.191 e. The van der Waals surface area contributed by atoms with Crippen molar-refractivity contribution in [3.8, 4) is 0 Å². The molecule has 0 radical (unpaired) electrons. The second-order valence-corrected chi connectivity index (χ2v) is 8.54. The Hall–Kier alpha value is -1.78. The van der Waals surface area contributed by atoms with Crippen LogP contribution in [0.2, 0.25) is 0 Å². The largest absolute Gasteiger partial charge is 0.469 e. The third-order valence-corrected chi connectivity index (χ3v) is 6.21. The lowest BCUT2D eigenvalue weighted by molar-refractivity contribution is 0.0377. The van der Waals surface area contributed by atoms with Gasteiger partial charge < -0.3 is 24.7 Å². The molecule has 3 heterocycles. The highest BCUT2D eigenvalue weighted by molar-refractivity contribution is 14.0. The van der Waals surface area contributed by atoms with E-state index in [1.807, 2.05) is 12.1 Å². The van der Waals surface area contributed by atoms with E-state index in [0.717, 1.165) is 96.4 Å². The van der Waals surface area contributed by atoms with Gasteiger partial charge >= 0.3 is 0 Å². The molecule has 0 amide bonds. The van der Waals surface area contributed by atoms with E-state index in [-0.39, 0.29) is 24.0 Å². The molecule has 2 N–H and O–H groups in total. The van der Waals surface area contributed by atoms with E-state index in [9.17, 15) is 0 Å². The first-order valence-electron chi connectivity index (χ1n) is 12.0. The number of benzene rings is 1. The summed E-state index contributed by atoms with van der Waals surface area (Å²) in [5, 5.41) is 7.21. The zero-order valence-corrected chi connectivity index (χ0v) is 21.8. The number of ether oxygens (including phenoxy) is 1. The van der Waals surface area contributed by atoms with Crippen molar-refractivity contribution in [3.05, 3.63) is 54.5 Å². The van der Waals surface area contributed by atoms with Crippen molar-refractivity contribution in [2.75, 3.05) is 63.9 Å². The van der Waals surface area contributed by atoms with E-state index in [0.29, 0.717) is 6.04 Å². The Morgan fingerprint density at radius 1 is 1.00 bits per heavy atom. The first kappa shape index (κ1) is 25.8. The summed E-state index contributed by atoms with van der Waals surface area (Å²) in [6, 6.07) is 15.1. The van der Waals surface area contributed by atoms with Crippen molar-refractivity contribution in [1.29, 1.82) is 0 Å². The maximum absolute atomic E-state index is 5.46. The molecule has 4 rings (SSSR count). The molecular weight excluding hydrogens is 529 g/mol. The molecule has 0 unspecified atom stereocenters. The average molecular weight is 568 g/mol. The van der Waals surface area contributed by atoms with Gasteiger partial charge in [-0.15, -0.1) is 24.0 Å². The Labute approximate surface area is 215 Å². The molecule has 0 bridgehead atoms. The number of nitrogens with one attached hydrogen (secondary N) is 2. The smallest absolute Gasteiger partial charge is 0.191 e. The van der Waals surface area contributed by atoms with Gasteiger partial charge in [0.15, 0.2) is 5.96 Å². The molecule has 2 aliphatic heterocycles. The summed E-state index contributed by atoms with van der Waals surface area (Å²) in [6.45, 7) is 8.64. The summed E-state index contributed by atoms with van der Waals surface area (Å²) < 4.78 is 10.9. The van der Waals surface area contributed by atoms with Gasteiger partial charge in [0.2, 0.25) is 0 Å². The topological polar surface area (TPSA) is 65.3 Å². The highest BCUT2D eigenvalue weighted by Gasteiger charge is 2.20. The minimum Gasteiger partial charge on any atom is -0.469 e. The normalized spacial score (nSPS) is 18.1. The number of halogens is 1. The summed E-state index contributed by atoms with van der Waals surface area (Å²) in [6.07, 6.45) is 5.88. The Balaban J connectivity index is 0.00000306. The van der Waals surface area contributed by atoms with Crippen LogP contribution in [-0.2, 0) is 11.2 Å². The lowest BCUT2D eigenvalue weighted by Crippen LogP contribution is -2.49. The van der Waals surface area contributed by atoms with Crippen LogP contribution in [0.1, 0.15) is 25.0 Å². The first-order chi connectivity index (χ1) is 15.9. The van der Waals surface area contributed by atoms with Crippen molar-refractivity contribution < 1.29 is 9.15 Å². The molecule has 2 aromatic rings. The van der Waals surface area contributed by atoms with Crippen molar-refractivity contribution in [3.63, 3.8) is 0 Å². The number of piperidine rings is 1. The van der Waals surface area contributed by atoms with Gasteiger partial charge in [-0.2, -0.15) is 0 Å². The van der Waals surface area contributed by atoms with Crippen molar-refractivity contribution in [1.82, 2.24) is 15.5 Å². The van der Waals surface area contributed by atoms with Gasteiger partial charge in [-0.3, -0.25) is 9.89 Å². The molecule has 1 aromatic heterocycles. The minimum atomic E-state index is 0. The number of nitrogens with zero attached hydrogens (tertiary/aromatic N) is 3. The highest BCUT2D eigenvalue weighted by Crippen LogP contribution is 2.19. The monoisotopic (exact) mass is 567 g/mol. The standard InChI is InChI=1S/C25H37N5O2.HI/c1-2-6-23(7-3-1)30-15-10-22(11-16-30)28-25(27-13-9-24-8-4-19-32-24)26-12-5-14-29-17-20-31-21-18-29;/h1-4,6-8,19,22H,5,9-18,20-21H2,(H2,26,27,28);1H. The third-order valence-electron chi connectivity index (χ3n) is 6.21. The zero-order valence-electron chi connectivity index (χ0n) is 19.5. The SMILES string of the molecule is I.c1ccc(N2CCC(NC(=NCCCN3CCOCC3)NCCc3ccco3)CC2)cc1. The van der Waals surface area contributed by atoms with Crippen LogP contribution in [-0.4, -0.2) is 75.9 Å². The number of rotatable bonds is 9. The summed E-state index contributed by atoms with van der Waals surface area (Å²) in [5.74, 6) is 1.93. The van der Waals surface area contributed by atoms with E-state index in [4.69, 9.17) is 14.1 Å². The molecule has 2 aliphatic rings. The predicted molar refractivity (Wildman–Crippen MR) is 145 cm³/mol. The van der Waals surface area contributed by atoms with Crippen molar-refractivity contribution in [2.24, 2.45) is 4.99 Å². The minimum absolute atomic E-state index is 0. The second-order valence-electron chi connectivity index (χ2n) is 8.54. The Morgan fingerprint density at radius 2 is 1.79 bits per heavy atom. The second kappa shape index (κ2) is 14.5. The molecule has 2 fully saturated rings. The zero-order chi connectivity index (χ0) is 21.8. The molecular formula is C25H38IN5O2. The number of guanidine groups is 1. The molecule has 0 spiro atoms. The lowest BCUT2D eigenvalue weighted by atomic mass is 10.0. The van der Waals surface area contributed by atoms with Crippen LogP contribution in [0.15, 0.2) is 58.1 Å². The van der Waals surface area contributed by atoms with Gasteiger partial charge in [-0.1, -0.05) is 18.2 Å². The molecule has 8 heteroatoms. The van der Waals surface area contributed by atoms with E-state index in [1.165, 1.54) is 5.69 Å². The Kier molecular flexibility index (Phi) is 11.3. The molecule has 1 aromatic carbocycles. The molecule has 0 saturated carbocycles. The van der Waals surface area contributed by atoms with E-state index >= 15 is 0 Å². The highest BCUT2D eigenvalue weighted by atomic mass is 127. The van der Waals surface area contributed by atoms with Crippen LogP contribution < -0.4 is 15.5 Å².